The summed E-state index contributed by atoms with van der Waals surface area (Å²) in [5.41, 5.74) is 1.40. The predicted molar refractivity (Wildman–Crippen MR) is 121 cm³/mol. The Morgan fingerprint density at radius 1 is 1.03 bits per heavy atom. The van der Waals surface area contributed by atoms with Crippen LogP contribution in [0, 0.1) is 0 Å². The van der Waals surface area contributed by atoms with Gasteiger partial charge in [-0.05, 0) is 69.5 Å². The molecule has 32 heavy (non-hydrogen) atoms. The molecule has 8 nitrogen and oxygen atoms in total. The van der Waals surface area contributed by atoms with Gasteiger partial charge in [-0.3, -0.25) is 14.6 Å². The number of aliphatic carboxylic acids is 1. The van der Waals surface area contributed by atoms with E-state index < -0.39 is 11.9 Å². The maximum atomic E-state index is 12.6. The molecule has 0 saturated heterocycles. The average Bonchev–Trinajstić information content (AvgIpc) is 2.77. The molecule has 0 atom stereocenters. The lowest BCUT2D eigenvalue weighted by Gasteiger charge is -2.10. The Hall–Kier alpha value is -3.98. The second kappa shape index (κ2) is 10.4. The molecule has 4 N–H and O–H groups in total. The summed E-state index contributed by atoms with van der Waals surface area (Å²) in [6.45, 7) is 0.216. The van der Waals surface area contributed by atoms with Crippen LogP contribution in [0.4, 0.5) is 0 Å². The molecular weight excluding hydrogens is 478 g/mol. The molecule has 2 amide bonds. The van der Waals surface area contributed by atoms with Crippen molar-refractivity contribution in [3.05, 3.63) is 99.4 Å². The second-order valence-electron chi connectivity index (χ2n) is 6.65. The third kappa shape index (κ3) is 6.02. The molecule has 0 saturated carbocycles. The smallest absolute Gasteiger partial charge is 0.352 e. The van der Waals surface area contributed by atoms with E-state index in [2.05, 4.69) is 31.5 Å². The molecule has 0 radical (unpaired) electrons. The highest BCUT2D eigenvalue weighted by molar-refractivity contribution is 9.10. The highest BCUT2D eigenvalue weighted by Gasteiger charge is 2.17. The van der Waals surface area contributed by atoms with Crippen molar-refractivity contribution < 1.29 is 24.6 Å². The molecule has 0 unspecified atom stereocenters. The number of aromatic hydroxyl groups is 1. The lowest BCUT2D eigenvalue weighted by Crippen LogP contribution is -2.28. The number of phenolic OH excluding ortho intramolecular Hbond substituents is 1. The standard InChI is InChI=1S/C23H18BrN3O5/c24-19-11-16(21(29)26-13-14-3-1-5-17(28)9-14)6-7-18(19)22(30)27-20(23(31)32)10-15-4-2-8-25-12-15/h1-12,28H,13H2,(H,26,29)(H,27,30)(H,31,32). The topological polar surface area (TPSA) is 129 Å². The number of rotatable bonds is 7. The third-order valence-corrected chi connectivity index (χ3v) is 4.97. The van der Waals surface area contributed by atoms with Crippen molar-refractivity contribution in [3.63, 3.8) is 0 Å². The van der Waals surface area contributed by atoms with E-state index in [1.54, 1.807) is 36.5 Å². The summed E-state index contributed by atoms with van der Waals surface area (Å²) in [5.74, 6) is -2.22. The van der Waals surface area contributed by atoms with E-state index in [1.165, 1.54) is 36.5 Å². The molecule has 0 fully saturated rings. The minimum atomic E-state index is -1.30. The van der Waals surface area contributed by atoms with Gasteiger partial charge in [0.15, 0.2) is 0 Å². The summed E-state index contributed by atoms with van der Waals surface area (Å²) in [6.07, 6.45) is 4.31. The van der Waals surface area contributed by atoms with Gasteiger partial charge in [0, 0.05) is 29.0 Å². The van der Waals surface area contributed by atoms with Gasteiger partial charge in [-0.15, -0.1) is 0 Å². The molecule has 1 aromatic heterocycles. The molecule has 1 heterocycles. The zero-order valence-electron chi connectivity index (χ0n) is 16.6. The first-order chi connectivity index (χ1) is 15.3. The minimum Gasteiger partial charge on any atom is -0.508 e. The van der Waals surface area contributed by atoms with Gasteiger partial charge in [0.25, 0.3) is 11.8 Å². The van der Waals surface area contributed by atoms with Crippen molar-refractivity contribution >= 4 is 39.8 Å². The number of carboxylic acids is 1. The fourth-order valence-electron chi connectivity index (χ4n) is 2.76. The lowest BCUT2D eigenvalue weighted by molar-refractivity contribution is -0.132. The van der Waals surface area contributed by atoms with E-state index in [0.29, 0.717) is 15.6 Å². The van der Waals surface area contributed by atoms with Crippen molar-refractivity contribution in [2.75, 3.05) is 0 Å². The van der Waals surface area contributed by atoms with Gasteiger partial charge in [-0.1, -0.05) is 18.2 Å². The van der Waals surface area contributed by atoms with Crippen LogP contribution in [0.25, 0.3) is 6.08 Å². The Balaban J connectivity index is 1.70. The number of pyridine rings is 1. The Bertz CT molecular complexity index is 1200. The average molecular weight is 496 g/mol. The minimum absolute atomic E-state index is 0.105. The molecule has 0 aliphatic carbocycles. The summed E-state index contributed by atoms with van der Waals surface area (Å²) in [5, 5.41) is 24.0. The van der Waals surface area contributed by atoms with Crippen LogP contribution in [0.15, 0.2) is 77.2 Å². The number of carbonyl (C=O) groups excluding carboxylic acids is 2. The zero-order chi connectivity index (χ0) is 23.1. The van der Waals surface area contributed by atoms with Crippen molar-refractivity contribution in [2.24, 2.45) is 0 Å². The monoisotopic (exact) mass is 495 g/mol. The van der Waals surface area contributed by atoms with E-state index >= 15 is 0 Å². The number of benzene rings is 2. The molecule has 3 aromatic rings. The quantitative estimate of drug-likeness (QED) is 0.372. The lowest BCUT2D eigenvalue weighted by atomic mass is 10.1. The van der Waals surface area contributed by atoms with Crippen LogP contribution < -0.4 is 10.6 Å². The highest BCUT2D eigenvalue weighted by Crippen LogP contribution is 2.20. The first-order valence-corrected chi connectivity index (χ1v) is 10.1. The number of amides is 2. The van der Waals surface area contributed by atoms with E-state index in [1.807, 2.05) is 0 Å². The van der Waals surface area contributed by atoms with Gasteiger partial charge in [0.2, 0.25) is 0 Å². The van der Waals surface area contributed by atoms with Crippen LogP contribution in [0.2, 0.25) is 0 Å². The number of aromatic nitrogens is 1. The molecular formula is C23H18BrN3O5. The number of carbonyl (C=O) groups is 3. The van der Waals surface area contributed by atoms with Crippen molar-refractivity contribution in [2.45, 2.75) is 6.54 Å². The molecule has 0 aliphatic rings. The molecule has 0 bridgehead atoms. The van der Waals surface area contributed by atoms with Crippen molar-refractivity contribution in [1.82, 2.24) is 15.6 Å². The number of hydrogen-bond acceptors (Lipinski definition) is 5. The summed E-state index contributed by atoms with van der Waals surface area (Å²) >= 11 is 3.26. The van der Waals surface area contributed by atoms with E-state index in [4.69, 9.17) is 0 Å². The van der Waals surface area contributed by atoms with Crippen LogP contribution in [-0.2, 0) is 11.3 Å². The van der Waals surface area contributed by atoms with Crippen LogP contribution >= 0.6 is 15.9 Å². The number of nitrogens with zero attached hydrogens (tertiary/aromatic N) is 1. The van der Waals surface area contributed by atoms with Crippen molar-refractivity contribution in [1.29, 1.82) is 0 Å². The van der Waals surface area contributed by atoms with Crippen LogP contribution in [0.5, 0.6) is 5.75 Å². The van der Waals surface area contributed by atoms with Gasteiger partial charge in [-0.2, -0.15) is 0 Å². The molecule has 2 aromatic carbocycles. The number of hydrogen-bond donors (Lipinski definition) is 4. The number of nitrogens with one attached hydrogen (secondary N) is 2. The maximum absolute atomic E-state index is 12.6. The number of carboxylic acid groups (broad SMARTS) is 1. The van der Waals surface area contributed by atoms with Crippen LogP contribution in [-0.4, -0.2) is 33.0 Å². The van der Waals surface area contributed by atoms with Crippen LogP contribution in [0.3, 0.4) is 0 Å². The number of halogens is 1. The molecule has 9 heteroatoms. The van der Waals surface area contributed by atoms with Gasteiger partial charge in [0.1, 0.15) is 11.4 Å². The fourth-order valence-corrected chi connectivity index (χ4v) is 3.32. The van der Waals surface area contributed by atoms with Crippen LogP contribution in [0.1, 0.15) is 31.8 Å². The first-order valence-electron chi connectivity index (χ1n) is 9.35. The Kier molecular flexibility index (Phi) is 7.35. The Morgan fingerprint density at radius 2 is 1.84 bits per heavy atom. The summed E-state index contributed by atoms with van der Waals surface area (Å²) < 4.78 is 0.325. The van der Waals surface area contributed by atoms with E-state index in [0.717, 1.165) is 5.56 Å². The summed E-state index contributed by atoms with van der Waals surface area (Å²) in [6, 6.07) is 14.2. The third-order valence-electron chi connectivity index (χ3n) is 4.31. The largest absolute Gasteiger partial charge is 0.508 e. The molecule has 0 spiro atoms. The second-order valence-corrected chi connectivity index (χ2v) is 7.51. The van der Waals surface area contributed by atoms with E-state index in [9.17, 15) is 24.6 Å². The predicted octanol–water partition coefficient (Wildman–Crippen LogP) is 3.34. The van der Waals surface area contributed by atoms with E-state index in [-0.39, 0.29) is 29.5 Å². The highest BCUT2D eigenvalue weighted by atomic mass is 79.9. The maximum Gasteiger partial charge on any atom is 0.352 e. The number of phenols is 1. The zero-order valence-corrected chi connectivity index (χ0v) is 18.2. The SMILES string of the molecule is O=C(O)C(=Cc1cccnc1)NC(=O)c1ccc(C(=O)NCc2cccc(O)c2)cc1Br. The molecule has 0 aliphatic heterocycles. The molecule has 162 valence electrons. The van der Waals surface area contributed by atoms with Gasteiger partial charge >= 0.3 is 5.97 Å². The summed E-state index contributed by atoms with van der Waals surface area (Å²) in [7, 11) is 0. The molecule has 3 rings (SSSR count). The van der Waals surface area contributed by atoms with Gasteiger partial charge in [0.05, 0.1) is 5.56 Å². The first kappa shape index (κ1) is 22.7. The van der Waals surface area contributed by atoms with Gasteiger partial charge < -0.3 is 20.8 Å². The summed E-state index contributed by atoms with van der Waals surface area (Å²) in [4.78, 5) is 40.5. The van der Waals surface area contributed by atoms with Crippen molar-refractivity contribution in [3.8, 4) is 5.75 Å². The van der Waals surface area contributed by atoms with Gasteiger partial charge in [-0.25, -0.2) is 4.79 Å². The Morgan fingerprint density at radius 3 is 2.50 bits per heavy atom. The fraction of sp³-hybridized carbons (Fsp3) is 0.0435. The Labute approximate surface area is 191 Å². The normalized spacial score (nSPS) is 11.0.